The number of pyridine rings is 1. The summed E-state index contributed by atoms with van der Waals surface area (Å²) in [5, 5.41) is 5.95. The van der Waals surface area contributed by atoms with Crippen molar-refractivity contribution in [1.82, 2.24) is 25.2 Å². The maximum absolute atomic E-state index is 13.5. The fourth-order valence-electron chi connectivity index (χ4n) is 4.06. The van der Waals surface area contributed by atoms with E-state index in [0.717, 1.165) is 18.4 Å². The summed E-state index contributed by atoms with van der Waals surface area (Å²) < 4.78 is 1.71. The summed E-state index contributed by atoms with van der Waals surface area (Å²) in [4.78, 5) is 36.8. The second-order valence-electron chi connectivity index (χ2n) is 9.17. The minimum absolute atomic E-state index is 0.0883. The lowest BCUT2D eigenvalue weighted by Crippen LogP contribution is -2.49. The predicted octanol–water partition coefficient (Wildman–Crippen LogP) is 3.07. The molecule has 3 heterocycles. The largest absolute Gasteiger partial charge is 0.352 e. The van der Waals surface area contributed by atoms with Crippen LogP contribution in [0.1, 0.15) is 37.8 Å². The molecule has 2 amide bonds. The molecule has 3 aromatic rings. The average molecular weight is 449 g/mol. The number of nitrogens with one attached hydrogen (secondary N) is 2. The fraction of sp³-hybridized carbons (Fsp3) is 0.440. The zero-order chi connectivity index (χ0) is 23.4. The minimum Gasteiger partial charge on any atom is -0.352 e. The van der Waals surface area contributed by atoms with Crippen LogP contribution in [0.15, 0.2) is 47.4 Å². The lowest BCUT2D eigenvalue weighted by atomic mass is 10.1. The zero-order valence-electron chi connectivity index (χ0n) is 19.5. The molecule has 2 N–H and O–H groups in total. The molecule has 1 aromatic carbocycles. The lowest BCUT2D eigenvalue weighted by molar-refractivity contribution is 0.233. The molecule has 4 rings (SSSR count). The number of fused-ring (bicyclic) bond motifs is 1. The van der Waals surface area contributed by atoms with E-state index in [1.165, 1.54) is 5.56 Å². The highest BCUT2D eigenvalue weighted by Crippen LogP contribution is 2.19. The number of hydrogen-bond donors (Lipinski definition) is 2. The van der Waals surface area contributed by atoms with Crippen LogP contribution in [-0.4, -0.2) is 46.2 Å². The molecule has 0 radical (unpaired) electrons. The highest BCUT2D eigenvalue weighted by atomic mass is 16.2. The number of carbonyl (C=O) groups excluding carboxylic acids is 1. The van der Waals surface area contributed by atoms with Crippen LogP contribution in [-0.2, 0) is 6.54 Å². The fourth-order valence-corrected chi connectivity index (χ4v) is 4.06. The average Bonchev–Trinajstić information content (AvgIpc) is 2.81. The number of hydrogen-bond acceptors (Lipinski definition) is 5. The molecule has 0 aliphatic carbocycles. The van der Waals surface area contributed by atoms with Crippen LogP contribution in [0.4, 0.5) is 10.6 Å². The van der Waals surface area contributed by atoms with Crippen LogP contribution in [0.25, 0.3) is 11.2 Å². The molecule has 174 valence electrons. The molecule has 1 fully saturated rings. The van der Waals surface area contributed by atoms with Crippen LogP contribution in [0.3, 0.4) is 0 Å². The van der Waals surface area contributed by atoms with Crippen molar-refractivity contribution in [2.45, 2.75) is 46.2 Å². The monoisotopic (exact) mass is 448 g/mol. The first kappa shape index (κ1) is 22.8. The molecule has 8 nitrogen and oxygen atoms in total. The molecule has 0 saturated carbocycles. The van der Waals surface area contributed by atoms with Gasteiger partial charge in [0.2, 0.25) is 0 Å². The lowest BCUT2D eigenvalue weighted by Gasteiger charge is -2.33. The molecule has 0 bridgehead atoms. The molecule has 2 aromatic heterocycles. The van der Waals surface area contributed by atoms with Crippen molar-refractivity contribution in [3.05, 3.63) is 64.1 Å². The molecular weight excluding hydrogens is 416 g/mol. The van der Waals surface area contributed by atoms with E-state index in [0.29, 0.717) is 49.1 Å². The number of aryl methyl sites for hydroxylation is 1. The van der Waals surface area contributed by atoms with Gasteiger partial charge in [-0.3, -0.25) is 9.36 Å². The second kappa shape index (κ2) is 10.0. The van der Waals surface area contributed by atoms with Crippen LogP contribution in [0.2, 0.25) is 0 Å². The molecule has 0 spiro atoms. The number of amides is 2. The van der Waals surface area contributed by atoms with Gasteiger partial charge >= 0.3 is 6.03 Å². The van der Waals surface area contributed by atoms with Crippen LogP contribution < -0.4 is 21.1 Å². The Kier molecular flexibility index (Phi) is 6.91. The molecule has 1 aliphatic rings. The molecule has 0 unspecified atom stereocenters. The van der Waals surface area contributed by atoms with Crippen molar-refractivity contribution >= 4 is 23.0 Å². The van der Waals surface area contributed by atoms with Crippen molar-refractivity contribution in [2.75, 3.05) is 24.5 Å². The standard InChI is InChI=1S/C25H32N6O2/c1-17(2)15-27-25(33)28-20-10-13-30(14-11-20)23-24(32)31(16-19-8-6-18(3)7-9-19)22-21(29-23)5-4-12-26-22/h4-9,12,17,20H,10-11,13-16H2,1-3H3,(H2,27,28,33). The Hall–Kier alpha value is -3.42. The Balaban J connectivity index is 1.53. The van der Waals surface area contributed by atoms with Crippen molar-refractivity contribution in [1.29, 1.82) is 0 Å². The maximum atomic E-state index is 13.5. The third-order valence-electron chi connectivity index (χ3n) is 5.95. The Morgan fingerprint density at radius 2 is 1.88 bits per heavy atom. The van der Waals surface area contributed by atoms with Gasteiger partial charge < -0.3 is 15.5 Å². The normalized spacial score (nSPS) is 14.6. The van der Waals surface area contributed by atoms with Gasteiger partial charge in [-0.25, -0.2) is 14.8 Å². The first-order valence-electron chi connectivity index (χ1n) is 11.6. The van der Waals surface area contributed by atoms with Crippen molar-refractivity contribution in [3.8, 4) is 0 Å². The first-order chi connectivity index (χ1) is 15.9. The Labute approximate surface area is 194 Å². The van der Waals surface area contributed by atoms with E-state index < -0.39 is 0 Å². The van der Waals surface area contributed by atoms with E-state index in [1.54, 1.807) is 10.8 Å². The maximum Gasteiger partial charge on any atom is 0.315 e. The number of aromatic nitrogens is 3. The van der Waals surface area contributed by atoms with Crippen LogP contribution in [0, 0.1) is 12.8 Å². The van der Waals surface area contributed by atoms with E-state index in [4.69, 9.17) is 0 Å². The topological polar surface area (TPSA) is 92.2 Å². The number of piperidine rings is 1. The number of rotatable bonds is 6. The molecule has 1 aliphatic heterocycles. The SMILES string of the molecule is Cc1ccc(Cn2c(=O)c(N3CCC(NC(=O)NCC(C)C)CC3)nc3cccnc32)cc1. The van der Waals surface area contributed by atoms with Gasteiger partial charge in [0.15, 0.2) is 11.5 Å². The second-order valence-corrected chi connectivity index (χ2v) is 9.17. The Bertz CT molecular complexity index is 1160. The minimum atomic E-state index is -0.136. The summed E-state index contributed by atoms with van der Waals surface area (Å²) in [5.41, 5.74) is 3.38. The summed E-state index contributed by atoms with van der Waals surface area (Å²) >= 11 is 0. The van der Waals surface area contributed by atoms with Gasteiger partial charge in [-0.05, 0) is 43.4 Å². The number of benzene rings is 1. The Morgan fingerprint density at radius 1 is 1.15 bits per heavy atom. The van der Waals surface area contributed by atoms with Gasteiger partial charge in [-0.2, -0.15) is 0 Å². The van der Waals surface area contributed by atoms with E-state index in [9.17, 15) is 9.59 Å². The van der Waals surface area contributed by atoms with Gasteiger partial charge in [-0.15, -0.1) is 0 Å². The summed E-state index contributed by atoms with van der Waals surface area (Å²) in [5.74, 6) is 0.860. The smallest absolute Gasteiger partial charge is 0.315 e. The van der Waals surface area contributed by atoms with Gasteiger partial charge in [0.05, 0.1) is 6.54 Å². The van der Waals surface area contributed by atoms with Crippen molar-refractivity contribution in [3.63, 3.8) is 0 Å². The summed E-state index contributed by atoms with van der Waals surface area (Å²) in [6.07, 6.45) is 3.22. The first-order valence-corrected chi connectivity index (χ1v) is 11.6. The number of nitrogens with zero attached hydrogens (tertiary/aromatic N) is 4. The summed E-state index contributed by atoms with van der Waals surface area (Å²) in [6.45, 7) is 8.59. The summed E-state index contributed by atoms with van der Waals surface area (Å²) in [6, 6.07) is 11.9. The molecule has 33 heavy (non-hydrogen) atoms. The number of carbonyl (C=O) groups is 1. The summed E-state index contributed by atoms with van der Waals surface area (Å²) in [7, 11) is 0. The number of anilines is 1. The van der Waals surface area contributed by atoms with Crippen molar-refractivity contribution < 1.29 is 4.79 Å². The van der Waals surface area contributed by atoms with Gasteiger partial charge in [0.25, 0.3) is 5.56 Å². The van der Waals surface area contributed by atoms with E-state index in [-0.39, 0.29) is 17.6 Å². The van der Waals surface area contributed by atoms with E-state index in [1.807, 2.05) is 48.2 Å². The highest BCUT2D eigenvalue weighted by molar-refractivity contribution is 5.74. The van der Waals surface area contributed by atoms with Gasteiger partial charge in [0.1, 0.15) is 5.52 Å². The third kappa shape index (κ3) is 5.50. The van der Waals surface area contributed by atoms with E-state index in [2.05, 4.69) is 34.4 Å². The number of urea groups is 1. The third-order valence-corrected chi connectivity index (χ3v) is 5.95. The van der Waals surface area contributed by atoms with Gasteiger partial charge in [-0.1, -0.05) is 43.7 Å². The Morgan fingerprint density at radius 3 is 2.58 bits per heavy atom. The van der Waals surface area contributed by atoms with Gasteiger partial charge in [0, 0.05) is 31.9 Å². The molecule has 1 saturated heterocycles. The quantitative estimate of drug-likeness (QED) is 0.605. The van der Waals surface area contributed by atoms with Crippen molar-refractivity contribution in [2.24, 2.45) is 5.92 Å². The highest BCUT2D eigenvalue weighted by Gasteiger charge is 2.25. The zero-order valence-corrected chi connectivity index (χ0v) is 19.5. The molecular formula is C25H32N6O2. The van der Waals surface area contributed by atoms with E-state index >= 15 is 0 Å². The molecule has 8 heteroatoms. The predicted molar refractivity (Wildman–Crippen MR) is 131 cm³/mol. The molecule has 0 atom stereocenters. The van der Waals surface area contributed by atoms with Crippen LogP contribution in [0.5, 0.6) is 0 Å². The van der Waals surface area contributed by atoms with Crippen LogP contribution >= 0.6 is 0 Å².